The summed E-state index contributed by atoms with van der Waals surface area (Å²) in [6.45, 7) is 3.73. The van der Waals surface area contributed by atoms with Crippen molar-refractivity contribution < 1.29 is 31.5 Å². The Balaban J connectivity index is 1.07. The van der Waals surface area contributed by atoms with E-state index in [-0.39, 0.29) is 23.8 Å². The number of aromatic nitrogens is 1. The minimum atomic E-state index is -4.09. The van der Waals surface area contributed by atoms with Crippen molar-refractivity contribution in [2.24, 2.45) is 0 Å². The molecule has 2 aliphatic rings. The number of rotatable bonds is 9. The molecule has 2 aromatic carbocycles. The van der Waals surface area contributed by atoms with Crippen molar-refractivity contribution in [2.75, 3.05) is 37.7 Å². The van der Waals surface area contributed by atoms with E-state index in [1.54, 1.807) is 6.20 Å². The summed E-state index contributed by atoms with van der Waals surface area (Å²) in [5.74, 6) is 0.665. The second kappa shape index (κ2) is 12.1. The van der Waals surface area contributed by atoms with Crippen LogP contribution in [0.15, 0.2) is 76.4 Å². The largest absolute Gasteiger partial charge is 0.489 e. The van der Waals surface area contributed by atoms with Crippen LogP contribution in [0, 0.1) is 5.82 Å². The number of hydrogen-bond donors (Lipinski definition) is 1. The van der Waals surface area contributed by atoms with E-state index in [0.29, 0.717) is 43.8 Å². The fourth-order valence-corrected chi connectivity index (χ4v) is 6.86. The predicted octanol–water partition coefficient (Wildman–Crippen LogP) is 3.85. The molecule has 6 rings (SSSR count). The van der Waals surface area contributed by atoms with E-state index < -0.39 is 27.8 Å². The third kappa shape index (κ3) is 6.10. The van der Waals surface area contributed by atoms with E-state index in [9.17, 15) is 17.6 Å². The Bertz CT molecular complexity index is 1690. The van der Waals surface area contributed by atoms with Gasteiger partial charge in [-0.1, -0.05) is 12.1 Å². The van der Waals surface area contributed by atoms with Gasteiger partial charge in [-0.25, -0.2) is 17.8 Å². The lowest BCUT2D eigenvalue weighted by Gasteiger charge is -2.28. The van der Waals surface area contributed by atoms with Crippen molar-refractivity contribution in [3.63, 3.8) is 0 Å². The zero-order valence-corrected chi connectivity index (χ0v) is 23.7. The summed E-state index contributed by atoms with van der Waals surface area (Å²) in [5.41, 5.74) is 2.07. The van der Waals surface area contributed by atoms with Crippen LogP contribution in [-0.2, 0) is 32.7 Å². The molecule has 4 heterocycles. The average molecular weight is 595 g/mol. The number of halogens is 1. The van der Waals surface area contributed by atoms with E-state index in [0.717, 1.165) is 34.3 Å². The molecule has 2 fully saturated rings. The number of nitrogens with zero attached hydrogens (tertiary/aromatic N) is 3. The number of furan rings is 1. The van der Waals surface area contributed by atoms with Gasteiger partial charge in [0.15, 0.2) is 0 Å². The van der Waals surface area contributed by atoms with Gasteiger partial charge in [0, 0.05) is 43.8 Å². The van der Waals surface area contributed by atoms with Gasteiger partial charge in [0.2, 0.25) is 11.0 Å². The molecular weight excluding hydrogens is 563 g/mol. The second-order valence-electron chi connectivity index (χ2n) is 10.3. The number of nitrogens with one attached hydrogen (secondary N) is 1. The van der Waals surface area contributed by atoms with Crippen LogP contribution < -0.4 is 15.0 Å². The zero-order chi connectivity index (χ0) is 29.1. The maximum Gasteiger partial charge on any atom is 0.277 e. The number of fused-ring (bicyclic) bond motifs is 1. The lowest BCUT2D eigenvalue weighted by molar-refractivity contribution is -0.124. The maximum absolute atomic E-state index is 13.6. The normalized spacial score (nSPS) is 17.9. The Hall–Kier alpha value is -4.00. The highest BCUT2D eigenvalue weighted by molar-refractivity contribution is 7.89. The van der Waals surface area contributed by atoms with E-state index >= 15 is 0 Å². The number of anilines is 1. The molecule has 2 saturated heterocycles. The predicted molar refractivity (Wildman–Crippen MR) is 153 cm³/mol. The van der Waals surface area contributed by atoms with E-state index in [2.05, 4.69) is 15.2 Å². The van der Waals surface area contributed by atoms with Crippen molar-refractivity contribution in [1.82, 2.24) is 14.6 Å². The summed E-state index contributed by atoms with van der Waals surface area (Å²) >= 11 is 0. The first-order valence-electron chi connectivity index (χ1n) is 13.8. The Morgan fingerprint density at radius 2 is 1.90 bits per heavy atom. The highest BCUT2D eigenvalue weighted by Gasteiger charge is 2.41. The van der Waals surface area contributed by atoms with Crippen LogP contribution in [-0.4, -0.2) is 62.5 Å². The summed E-state index contributed by atoms with van der Waals surface area (Å²) in [6.07, 6.45) is 2.70. The van der Waals surface area contributed by atoms with Gasteiger partial charge in [-0.2, -0.15) is 4.31 Å². The van der Waals surface area contributed by atoms with Crippen LogP contribution >= 0.6 is 0 Å². The van der Waals surface area contributed by atoms with E-state index in [1.807, 2.05) is 36.4 Å². The Morgan fingerprint density at radius 3 is 2.76 bits per heavy atom. The minimum Gasteiger partial charge on any atom is -0.489 e. The van der Waals surface area contributed by atoms with Gasteiger partial charge in [0.1, 0.15) is 35.6 Å². The van der Waals surface area contributed by atoms with E-state index in [1.165, 1.54) is 24.3 Å². The number of morpholine rings is 1. The lowest BCUT2D eigenvalue weighted by atomic mass is 10.2. The summed E-state index contributed by atoms with van der Waals surface area (Å²) in [4.78, 5) is 19.8. The topological polar surface area (TPSA) is 114 Å². The molecule has 0 radical (unpaired) electrons. The van der Waals surface area contributed by atoms with Crippen LogP contribution in [0.25, 0.3) is 11.0 Å². The van der Waals surface area contributed by atoms with Gasteiger partial charge in [0.05, 0.1) is 13.2 Å². The summed E-state index contributed by atoms with van der Waals surface area (Å²) in [5, 5.41) is 2.91. The molecule has 0 spiro atoms. The number of hydrogen-bond acceptors (Lipinski definition) is 8. The van der Waals surface area contributed by atoms with Crippen molar-refractivity contribution in [3.05, 3.63) is 83.8 Å². The third-order valence-corrected chi connectivity index (χ3v) is 9.20. The minimum absolute atomic E-state index is 0.192. The van der Waals surface area contributed by atoms with Crippen LogP contribution in [0.2, 0.25) is 0 Å². The molecule has 10 nitrogen and oxygen atoms in total. The van der Waals surface area contributed by atoms with E-state index in [4.69, 9.17) is 13.9 Å². The molecule has 12 heteroatoms. The molecule has 2 aliphatic heterocycles. The van der Waals surface area contributed by atoms with Gasteiger partial charge in [-0.3, -0.25) is 4.79 Å². The second-order valence-corrected chi connectivity index (χ2v) is 12.1. The number of benzene rings is 2. The SMILES string of the molecule is O=C(NCc1cccc(OCc2ccnc(N3CCOCC3)c2)c1)[C@@H]1CCCN1S(=O)(=O)c1cc2cc(F)ccc2o1. The number of amides is 1. The fourth-order valence-electron chi connectivity index (χ4n) is 5.26. The number of sulfonamides is 1. The van der Waals surface area contributed by atoms with Gasteiger partial charge in [-0.15, -0.1) is 0 Å². The average Bonchev–Trinajstić information content (AvgIpc) is 3.68. The van der Waals surface area contributed by atoms with Crippen LogP contribution in [0.4, 0.5) is 10.2 Å². The fraction of sp³-hybridized carbons (Fsp3) is 0.333. The molecule has 0 unspecified atom stereocenters. The highest BCUT2D eigenvalue weighted by atomic mass is 32.2. The smallest absolute Gasteiger partial charge is 0.277 e. The van der Waals surface area contributed by atoms with Crippen molar-refractivity contribution in [2.45, 2.75) is 37.1 Å². The number of pyridine rings is 1. The zero-order valence-electron chi connectivity index (χ0n) is 22.9. The van der Waals surface area contributed by atoms with Gasteiger partial charge in [0.25, 0.3) is 10.0 Å². The van der Waals surface area contributed by atoms with Gasteiger partial charge < -0.3 is 24.1 Å². The first kappa shape index (κ1) is 28.1. The third-order valence-electron chi connectivity index (χ3n) is 7.44. The highest BCUT2D eigenvalue weighted by Crippen LogP contribution is 2.30. The number of carbonyl (C=O) groups excluding carboxylic acids is 1. The molecular formula is C30H31FN4O6S. The summed E-state index contributed by atoms with van der Waals surface area (Å²) in [7, 11) is -4.09. The Kier molecular flexibility index (Phi) is 8.09. The van der Waals surface area contributed by atoms with Crippen molar-refractivity contribution in [1.29, 1.82) is 0 Å². The molecule has 0 bridgehead atoms. The van der Waals surface area contributed by atoms with Crippen LogP contribution in [0.5, 0.6) is 5.75 Å². The molecule has 220 valence electrons. The molecule has 0 saturated carbocycles. The van der Waals surface area contributed by atoms with Gasteiger partial charge in [-0.05, 0) is 66.4 Å². The van der Waals surface area contributed by atoms with Crippen molar-refractivity contribution in [3.8, 4) is 5.75 Å². The number of carbonyl (C=O) groups is 1. The van der Waals surface area contributed by atoms with Crippen LogP contribution in [0.1, 0.15) is 24.0 Å². The molecule has 2 aromatic heterocycles. The first-order valence-corrected chi connectivity index (χ1v) is 15.3. The molecule has 1 N–H and O–H groups in total. The molecule has 1 atom stereocenters. The monoisotopic (exact) mass is 594 g/mol. The lowest BCUT2D eigenvalue weighted by Crippen LogP contribution is -2.45. The van der Waals surface area contributed by atoms with Crippen LogP contribution in [0.3, 0.4) is 0 Å². The quantitative estimate of drug-likeness (QED) is 0.311. The standard InChI is InChI=1S/C30H31FN4O6S/c31-24-6-7-27-23(17-24)18-29(41-27)42(37,38)35-10-2-5-26(35)30(36)33-19-21-3-1-4-25(15-21)40-20-22-8-9-32-28(16-22)34-11-13-39-14-12-34/h1,3-4,6-9,15-18,26H,2,5,10-14,19-20H2,(H,33,36)/t26-/m0/s1. The molecule has 0 aliphatic carbocycles. The Labute approximate surface area is 243 Å². The van der Waals surface area contributed by atoms with Crippen molar-refractivity contribution >= 4 is 32.7 Å². The first-order chi connectivity index (χ1) is 20.4. The molecule has 4 aromatic rings. The summed E-state index contributed by atoms with van der Waals surface area (Å²) in [6, 6.07) is 15.6. The van der Waals surface area contributed by atoms with Gasteiger partial charge >= 0.3 is 0 Å². The molecule has 1 amide bonds. The number of ether oxygens (including phenoxy) is 2. The maximum atomic E-state index is 13.6. The summed E-state index contributed by atoms with van der Waals surface area (Å²) < 4.78 is 58.4. The Morgan fingerprint density at radius 1 is 1.05 bits per heavy atom. The molecule has 42 heavy (non-hydrogen) atoms.